The number of thioether (sulfide) groups is 1. The molecule has 102 valence electrons. The fourth-order valence-electron chi connectivity index (χ4n) is 2.66. The number of nitrogens with one attached hydrogen (secondary N) is 1. The number of fused-ring (bicyclic) bond motifs is 1. The van der Waals surface area contributed by atoms with E-state index in [-0.39, 0.29) is 5.91 Å². The van der Waals surface area contributed by atoms with Crippen molar-refractivity contribution in [2.24, 2.45) is 4.99 Å². The molecule has 1 N–H and O–H groups in total. The number of carbonyl (C=O) groups excluding carboxylic acids is 1. The van der Waals surface area contributed by atoms with Gasteiger partial charge >= 0.3 is 0 Å². The van der Waals surface area contributed by atoms with Gasteiger partial charge in [0.15, 0.2) is 5.17 Å². The molecule has 1 aliphatic heterocycles. The first-order chi connectivity index (χ1) is 8.74. The first-order valence-corrected chi connectivity index (χ1v) is 7.98. The summed E-state index contributed by atoms with van der Waals surface area (Å²) in [5, 5.41) is 4.44. The average molecular weight is 269 g/mol. The Bertz CT molecular complexity index is 328. The number of nitrogens with zero attached hydrogens (tertiary/aromatic N) is 2. The molecule has 0 spiro atoms. The van der Waals surface area contributed by atoms with Crippen LogP contribution >= 0.6 is 11.8 Å². The number of carbonyl (C=O) groups is 1. The number of amides is 1. The zero-order valence-electron chi connectivity index (χ0n) is 11.3. The third kappa shape index (κ3) is 3.19. The van der Waals surface area contributed by atoms with Crippen LogP contribution in [0.2, 0.25) is 0 Å². The van der Waals surface area contributed by atoms with E-state index in [0.29, 0.717) is 17.8 Å². The van der Waals surface area contributed by atoms with Crippen LogP contribution in [0.1, 0.15) is 39.5 Å². The van der Waals surface area contributed by atoms with Crippen molar-refractivity contribution in [3.8, 4) is 0 Å². The second-order valence-corrected chi connectivity index (χ2v) is 5.86. The number of hydrogen-bond acceptors (Lipinski definition) is 4. The van der Waals surface area contributed by atoms with Gasteiger partial charge in [-0.3, -0.25) is 9.79 Å². The van der Waals surface area contributed by atoms with E-state index in [2.05, 4.69) is 5.32 Å². The highest BCUT2D eigenvalue weighted by molar-refractivity contribution is 8.14. The van der Waals surface area contributed by atoms with Crippen molar-refractivity contribution in [2.75, 3.05) is 18.8 Å². The molecular formula is C13H23N3OS. The van der Waals surface area contributed by atoms with E-state index in [9.17, 15) is 4.79 Å². The van der Waals surface area contributed by atoms with E-state index >= 15 is 0 Å². The number of rotatable bonds is 4. The molecule has 2 rings (SSSR count). The minimum absolute atomic E-state index is 0.212. The second-order valence-electron chi connectivity index (χ2n) is 4.89. The maximum atomic E-state index is 11.9. The Morgan fingerprint density at radius 2 is 2.11 bits per heavy atom. The number of amidine groups is 1. The molecule has 1 aliphatic carbocycles. The Labute approximate surface area is 114 Å². The van der Waals surface area contributed by atoms with Gasteiger partial charge in [-0.1, -0.05) is 24.6 Å². The summed E-state index contributed by atoms with van der Waals surface area (Å²) in [6.07, 6.45) is 5.02. The van der Waals surface area contributed by atoms with Gasteiger partial charge in [0.1, 0.15) is 0 Å². The lowest BCUT2D eigenvalue weighted by Crippen LogP contribution is -2.37. The molecular weight excluding hydrogens is 246 g/mol. The van der Waals surface area contributed by atoms with Crippen LogP contribution in [0, 0.1) is 0 Å². The SMILES string of the molecule is CCN(CC)C(=O)CSC1=NC2CCCCC2N1. The first kappa shape index (κ1) is 13.7. The summed E-state index contributed by atoms with van der Waals surface area (Å²) >= 11 is 1.56. The van der Waals surface area contributed by atoms with Crippen LogP contribution in [-0.2, 0) is 4.79 Å². The summed E-state index contributed by atoms with van der Waals surface area (Å²) in [6, 6.07) is 0.995. The lowest BCUT2D eigenvalue weighted by atomic mass is 9.92. The molecule has 5 heteroatoms. The van der Waals surface area contributed by atoms with Crippen molar-refractivity contribution in [1.82, 2.24) is 10.2 Å². The molecule has 2 atom stereocenters. The van der Waals surface area contributed by atoms with Crippen LogP contribution in [0.5, 0.6) is 0 Å². The van der Waals surface area contributed by atoms with E-state index in [0.717, 1.165) is 18.3 Å². The van der Waals surface area contributed by atoms with Crippen LogP contribution in [0.4, 0.5) is 0 Å². The molecule has 0 aromatic rings. The summed E-state index contributed by atoms with van der Waals surface area (Å²) in [7, 11) is 0. The predicted octanol–water partition coefficient (Wildman–Crippen LogP) is 1.86. The Balaban J connectivity index is 1.79. The highest BCUT2D eigenvalue weighted by Gasteiger charge is 2.31. The molecule has 2 unspecified atom stereocenters. The third-order valence-corrected chi connectivity index (χ3v) is 4.66. The van der Waals surface area contributed by atoms with Gasteiger partial charge in [0.05, 0.1) is 17.8 Å². The van der Waals surface area contributed by atoms with Crippen LogP contribution in [0.25, 0.3) is 0 Å². The molecule has 2 aliphatic rings. The summed E-state index contributed by atoms with van der Waals surface area (Å²) in [5.74, 6) is 0.719. The van der Waals surface area contributed by atoms with Gasteiger partial charge in [0.25, 0.3) is 0 Å². The topological polar surface area (TPSA) is 44.7 Å². The lowest BCUT2D eigenvalue weighted by Gasteiger charge is -2.23. The Morgan fingerprint density at radius 1 is 1.39 bits per heavy atom. The van der Waals surface area contributed by atoms with Crippen LogP contribution in [0.15, 0.2) is 4.99 Å². The highest BCUT2D eigenvalue weighted by Crippen LogP contribution is 2.26. The summed E-state index contributed by atoms with van der Waals surface area (Å²) in [5.41, 5.74) is 0. The van der Waals surface area contributed by atoms with E-state index in [1.807, 2.05) is 18.7 Å². The smallest absolute Gasteiger partial charge is 0.233 e. The van der Waals surface area contributed by atoms with Crippen molar-refractivity contribution in [2.45, 2.75) is 51.6 Å². The molecule has 1 fully saturated rings. The van der Waals surface area contributed by atoms with Crippen molar-refractivity contribution in [3.63, 3.8) is 0 Å². The number of aliphatic imine (C=N–C) groups is 1. The summed E-state index contributed by atoms with van der Waals surface area (Å²) in [6.45, 7) is 5.63. The molecule has 0 bridgehead atoms. The minimum atomic E-state index is 0.212. The Hall–Kier alpha value is -0.710. The van der Waals surface area contributed by atoms with Crippen LogP contribution in [-0.4, -0.2) is 46.9 Å². The van der Waals surface area contributed by atoms with Gasteiger partial charge in [0, 0.05) is 13.1 Å². The molecule has 1 saturated carbocycles. The maximum Gasteiger partial charge on any atom is 0.233 e. The predicted molar refractivity (Wildman–Crippen MR) is 77.0 cm³/mol. The Kier molecular flexibility index (Phi) is 4.92. The first-order valence-electron chi connectivity index (χ1n) is 6.99. The summed E-state index contributed by atoms with van der Waals surface area (Å²) < 4.78 is 0. The van der Waals surface area contributed by atoms with E-state index in [4.69, 9.17) is 4.99 Å². The standard InChI is InChI=1S/C13H23N3OS/c1-3-16(4-2)12(17)9-18-13-14-10-7-5-6-8-11(10)15-13/h10-11H,3-9H2,1-2H3,(H,14,15). The normalized spacial score (nSPS) is 26.2. The van der Waals surface area contributed by atoms with Gasteiger partial charge in [-0.2, -0.15) is 0 Å². The molecule has 4 nitrogen and oxygen atoms in total. The number of hydrogen-bond donors (Lipinski definition) is 1. The fourth-order valence-corrected chi connectivity index (χ4v) is 3.54. The summed E-state index contributed by atoms with van der Waals surface area (Å²) in [4.78, 5) is 18.5. The molecule has 0 aromatic carbocycles. The monoisotopic (exact) mass is 269 g/mol. The van der Waals surface area contributed by atoms with Crippen molar-refractivity contribution in [1.29, 1.82) is 0 Å². The van der Waals surface area contributed by atoms with E-state index in [1.54, 1.807) is 11.8 Å². The Morgan fingerprint density at radius 3 is 2.78 bits per heavy atom. The second kappa shape index (κ2) is 6.45. The lowest BCUT2D eigenvalue weighted by molar-refractivity contribution is -0.127. The van der Waals surface area contributed by atoms with Gasteiger partial charge in [0.2, 0.25) is 5.91 Å². The van der Waals surface area contributed by atoms with E-state index in [1.165, 1.54) is 25.7 Å². The van der Waals surface area contributed by atoms with Crippen molar-refractivity contribution < 1.29 is 4.79 Å². The van der Waals surface area contributed by atoms with Crippen LogP contribution < -0.4 is 5.32 Å². The minimum Gasteiger partial charge on any atom is -0.360 e. The highest BCUT2D eigenvalue weighted by atomic mass is 32.2. The third-order valence-electron chi connectivity index (χ3n) is 3.77. The van der Waals surface area contributed by atoms with Crippen molar-refractivity contribution >= 4 is 22.8 Å². The molecule has 0 saturated heterocycles. The average Bonchev–Trinajstić information content (AvgIpc) is 2.80. The van der Waals surface area contributed by atoms with Gasteiger partial charge in [-0.05, 0) is 26.7 Å². The molecule has 1 amide bonds. The van der Waals surface area contributed by atoms with Gasteiger partial charge in [-0.15, -0.1) is 0 Å². The molecule has 18 heavy (non-hydrogen) atoms. The van der Waals surface area contributed by atoms with Crippen LogP contribution in [0.3, 0.4) is 0 Å². The van der Waals surface area contributed by atoms with Gasteiger partial charge < -0.3 is 10.2 Å². The molecule has 0 radical (unpaired) electrons. The van der Waals surface area contributed by atoms with Gasteiger partial charge in [-0.25, -0.2) is 0 Å². The molecule has 0 aromatic heterocycles. The zero-order chi connectivity index (χ0) is 13.0. The zero-order valence-corrected chi connectivity index (χ0v) is 12.1. The quantitative estimate of drug-likeness (QED) is 0.847. The maximum absolute atomic E-state index is 11.9. The fraction of sp³-hybridized carbons (Fsp3) is 0.846. The van der Waals surface area contributed by atoms with E-state index < -0.39 is 0 Å². The largest absolute Gasteiger partial charge is 0.360 e. The van der Waals surface area contributed by atoms with Crippen molar-refractivity contribution in [3.05, 3.63) is 0 Å². The molecule has 1 heterocycles.